The fourth-order valence-corrected chi connectivity index (χ4v) is 2.87. The molecule has 0 aliphatic rings. The molecule has 2 aromatic carbocycles. The molecule has 3 rings (SSSR count). The highest BCUT2D eigenvalue weighted by Gasteiger charge is 2.08. The van der Waals surface area contributed by atoms with Gasteiger partial charge in [0.2, 0.25) is 11.3 Å². The van der Waals surface area contributed by atoms with Gasteiger partial charge in [-0.1, -0.05) is 24.3 Å². The van der Waals surface area contributed by atoms with Gasteiger partial charge in [0.25, 0.3) is 0 Å². The minimum absolute atomic E-state index is 0.414. The molecule has 0 fully saturated rings. The van der Waals surface area contributed by atoms with Crippen LogP contribution in [0.2, 0.25) is 0 Å². The quantitative estimate of drug-likeness (QED) is 0.721. The highest BCUT2D eigenvalue weighted by molar-refractivity contribution is 7.76. The number of benzene rings is 2. The van der Waals surface area contributed by atoms with Crippen molar-refractivity contribution in [2.24, 2.45) is 0 Å². The number of ether oxygens (including phenoxy) is 1. The maximum absolute atomic E-state index is 11.0. The largest absolute Gasteiger partial charge is 0.497 e. The van der Waals surface area contributed by atoms with Crippen molar-refractivity contribution >= 4 is 22.2 Å². The maximum Gasteiger partial charge on any atom is 0.234 e. The van der Waals surface area contributed by atoms with Gasteiger partial charge in [-0.2, -0.15) is 4.31 Å². The van der Waals surface area contributed by atoms with Crippen LogP contribution in [0.25, 0.3) is 22.0 Å². The van der Waals surface area contributed by atoms with Crippen molar-refractivity contribution in [3.63, 3.8) is 0 Å². The van der Waals surface area contributed by atoms with Crippen molar-refractivity contribution in [1.29, 1.82) is 0 Å². The molecule has 6 heteroatoms. The molecule has 0 spiro atoms. The zero-order valence-electron chi connectivity index (χ0n) is 13.5. The van der Waals surface area contributed by atoms with Gasteiger partial charge in [-0.05, 0) is 34.9 Å². The van der Waals surface area contributed by atoms with Crippen molar-refractivity contribution in [3.05, 3.63) is 60.3 Å². The highest BCUT2D eigenvalue weighted by atomic mass is 32.2. The Labute approximate surface area is 143 Å². The molecular formula is C18H18N2O3S. The van der Waals surface area contributed by atoms with Crippen molar-refractivity contribution in [3.8, 4) is 16.9 Å². The summed E-state index contributed by atoms with van der Waals surface area (Å²) < 4.78 is 26.7. The van der Waals surface area contributed by atoms with Gasteiger partial charge < -0.3 is 4.74 Å². The van der Waals surface area contributed by atoms with E-state index in [9.17, 15) is 4.21 Å². The van der Waals surface area contributed by atoms with Gasteiger partial charge in [0.1, 0.15) is 5.75 Å². The topological polar surface area (TPSA) is 62.7 Å². The molecule has 24 heavy (non-hydrogen) atoms. The van der Waals surface area contributed by atoms with Crippen molar-refractivity contribution in [2.75, 3.05) is 14.2 Å². The Morgan fingerprint density at radius 3 is 2.58 bits per heavy atom. The van der Waals surface area contributed by atoms with Crippen LogP contribution in [0.5, 0.6) is 5.75 Å². The molecule has 0 aliphatic carbocycles. The Balaban J connectivity index is 1.94. The van der Waals surface area contributed by atoms with Gasteiger partial charge in [-0.3, -0.25) is 9.54 Å². The van der Waals surface area contributed by atoms with Gasteiger partial charge in [-0.15, -0.1) is 0 Å². The lowest BCUT2D eigenvalue weighted by atomic mass is 10.00. The van der Waals surface area contributed by atoms with Crippen LogP contribution >= 0.6 is 0 Å². The van der Waals surface area contributed by atoms with Gasteiger partial charge in [0.15, 0.2) is 0 Å². The van der Waals surface area contributed by atoms with E-state index in [-0.39, 0.29) is 0 Å². The third kappa shape index (κ3) is 3.46. The van der Waals surface area contributed by atoms with E-state index in [0.717, 1.165) is 33.3 Å². The third-order valence-corrected chi connectivity index (χ3v) is 4.55. The molecule has 3 aromatic rings. The first-order valence-electron chi connectivity index (χ1n) is 7.42. The standard InChI is InChI=1S/C18H18N2O3S/c1-20(24(21)22)12-13-3-5-14(6-4-13)16-9-10-19-18-11-15(23-2)7-8-17(16)18/h3-11H,12H2,1-2H3,(H,21,22). The SMILES string of the molecule is COc1ccc2c(-c3ccc(CN(C)S(=O)O)cc3)ccnc2c1. The molecule has 124 valence electrons. The van der Waals surface area contributed by atoms with Crippen molar-refractivity contribution < 1.29 is 13.5 Å². The summed E-state index contributed by atoms with van der Waals surface area (Å²) in [5, 5.41) is 1.06. The van der Waals surface area contributed by atoms with Crippen LogP contribution in [-0.4, -0.2) is 32.2 Å². The zero-order chi connectivity index (χ0) is 17.1. The van der Waals surface area contributed by atoms with Gasteiger partial charge in [0.05, 0.1) is 12.6 Å². The molecule has 1 aromatic heterocycles. The van der Waals surface area contributed by atoms with Crippen LogP contribution in [0.1, 0.15) is 5.56 Å². The predicted molar refractivity (Wildman–Crippen MR) is 96.0 cm³/mol. The van der Waals surface area contributed by atoms with Crippen LogP contribution in [0, 0.1) is 0 Å². The van der Waals surface area contributed by atoms with E-state index >= 15 is 0 Å². The van der Waals surface area contributed by atoms with Crippen LogP contribution in [0.15, 0.2) is 54.7 Å². The van der Waals surface area contributed by atoms with Crippen molar-refractivity contribution in [1.82, 2.24) is 9.29 Å². The summed E-state index contributed by atoms with van der Waals surface area (Å²) >= 11 is -1.96. The smallest absolute Gasteiger partial charge is 0.234 e. The number of nitrogens with zero attached hydrogens (tertiary/aromatic N) is 2. The third-order valence-electron chi connectivity index (χ3n) is 3.89. The lowest BCUT2D eigenvalue weighted by Gasteiger charge is -2.12. The van der Waals surface area contributed by atoms with E-state index in [2.05, 4.69) is 4.98 Å². The first-order valence-corrected chi connectivity index (χ1v) is 8.49. The Morgan fingerprint density at radius 2 is 1.92 bits per heavy atom. The molecule has 1 N–H and O–H groups in total. The van der Waals surface area contributed by atoms with E-state index in [1.54, 1.807) is 20.4 Å². The predicted octanol–water partition coefficient (Wildman–Crippen LogP) is 3.48. The maximum atomic E-state index is 11.0. The van der Waals surface area contributed by atoms with Crippen LogP contribution in [0.4, 0.5) is 0 Å². The molecular weight excluding hydrogens is 324 g/mol. The Bertz CT molecular complexity index is 881. The van der Waals surface area contributed by atoms with E-state index in [1.165, 1.54) is 4.31 Å². The number of hydrogen-bond acceptors (Lipinski definition) is 3. The molecule has 5 nitrogen and oxygen atoms in total. The lowest BCUT2D eigenvalue weighted by Crippen LogP contribution is -2.19. The second-order valence-electron chi connectivity index (χ2n) is 5.46. The molecule has 0 aliphatic heterocycles. The number of fused-ring (bicyclic) bond motifs is 1. The van der Waals surface area contributed by atoms with Crippen LogP contribution < -0.4 is 4.74 Å². The fraction of sp³-hybridized carbons (Fsp3) is 0.167. The lowest BCUT2D eigenvalue weighted by molar-refractivity contribution is 0.415. The molecule has 1 heterocycles. The molecule has 0 amide bonds. The Morgan fingerprint density at radius 1 is 1.17 bits per heavy atom. The summed E-state index contributed by atoms with van der Waals surface area (Å²) in [6.45, 7) is 0.414. The summed E-state index contributed by atoms with van der Waals surface area (Å²) in [4.78, 5) is 4.40. The highest BCUT2D eigenvalue weighted by Crippen LogP contribution is 2.29. The second-order valence-corrected chi connectivity index (χ2v) is 6.54. The monoisotopic (exact) mass is 342 g/mol. The number of pyridine rings is 1. The molecule has 0 saturated heterocycles. The fourth-order valence-electron chi connectivity index (χ4n) is 2.61. The second kappa shape index (κ2) is 7.09. The number of methoxy groups -OCH3 is 1. The minimum Gasteiger partial charge on any atom is -0.497 e. The summed E-state index contributed by atoms with van der Waals surface area (Å²) in [5.74, 6) is 0.780. The Kier molecular flexibility index (Phi) is 4.89. The number of rotatable bonds is 5. The summed E-state index contributed by atoms with van der Waals surface area (Å²) in [6, 6.07) is 15.8. The molecule has 0 radical (unpaired) electrons. The van der Waals surface area contributed by atoms with E-state index < -0.39 is 11.3 Å². The summed E-state index contributed by atoms with van der Waals surface area (Å²) in [6.07, 6.45) is 1.79. The zero-order valence-corrected chi connectivity index (χ0v) is 14.3. The van der Waals surface area contributed by atoms with Crippen LogP contribution in [0.3, 0.4) is 0 Å². The molecule has 0 bridgehead atoms. The molecule has 1 atom stereocenters. The van der Waals surface area contributed by atoms with Crippen molar-refractivity contribution in [2.45, 2.75) is 6.54 Å². The van der Waals surface area contributed by atoms with Gasteiger partial charge in [-0.25, -0.2) is 4.21 Å². The number of hydrogen-bond donors (Lipinski definition) is 1. The van der Waals surface area contributed by atoms with E-state index in [1.807, 2.05) is 48.5 Å². The Hall–Kier alpha value is -2.28. The van der Waals surface area contributed by atoms with E-state index in [0.29, 0.717) is 6.54 Å². The first-order chi connectivity index (χ1) is 11.6. The van der Waals surface area contributed by atoms with Gasteiger partial charge >= 0.3 is 0 Å². The molecule has 1 unspecified atom stereocenters. The average molecular weight is 342 g/mol. The van der Waals surface area contributed by atoms with Crippen LogP contribution in [-0.2, 0) is 17.8 Å². The first kappa shape index (κ1) is 16.6. The normalized spacial score (nSPS) is 12.5. The number of aromatic nitrogens is 1. The average Bonchev–Trinajstić information content (AvgIpc) is 2.61. The van der Waals surface area contributed by atoms with Gasteiger partial charge in [0, 0.05) is 31.2 Å². The summed E-state index contributed by atoms with van der Waals surface area (Å²) in [5.41, 5.74) is 4.02. The minimum atomic E-state index is -1.96. The molecule has 0 saturated carbocycles. The van der Waals surface area contributed by atoms with E-state index in [4.69, 9.17) is 9.29 Å². The summed E-state index contributed by atoms with van der Waals surface area (Å²) in [7, 11) is 3.24.